The zero-order valence-corrected chi connectivity index (χ0v) is 15.8. The zero-order chi connectivity index (χ0) is 18.8. The maximum Gasteiger partial charge on any atom is 0.228 e. The molecule has 0 saturated carbocycles. The van der Waals surface area contributed by atoms with E-state index in [9.17, 15) is 9.59 Å². The van der Waals surface area contributed by atoms with E-state index in [1.807, 2.05) is 11.1 Å². The van der Waals surface area contributed by atoms with Crippen LogP contribution in [0.25, 0.3) is 0 Å². The molecule has 8 heteroatoms. The number of amides is 2. The molecule has 146 valence electrons. The summed E-state index contributed by atoms with van der Waals surface area (Å²) in [5.74, 6) is 0.589. The molecule has 2 fully saturated rings. The van der Waals surface area contributed by atoms with E-state index in [4.69, 9.17) is 9.72 Å². The molecule has 1 aromatic heterocycles. The molecular formula is C19H27N5O3. The highest BCUT2D eigenvalue weighted by atomic mass is 16.5. The van der Waals surface area contributed by atoms with Gasteiger partial charge in [-0.25, -0.2) is 9.97 Å². The molecule has 3 aliphatic heterocycles. The van der Waals surface area contributed by atoms with E-state index in [0.29, 0.717) is 32.7 Å². The highest BCUT2D eigenvalue weighted by Gasteiger charge is 2.40. The molecular weight excluding hydrogens is 346 g/mol. The summed E-state index contributed by atoms with van der Waals surface area (Å²) in [6.45, 7) is 3.99. The van der Waals surface area contributed by atoms with E-state index >= 15 is 0 Å². The van der Waals surface area contributed by atoms with E-state index in [1.165, 1.54) is 0 Å². The van der Waals surface area contributed by atoms with Crippen LogP contribution >= 0.6 is 0 Å². The minimum atomic E-state index is -0.267. The number of nitrogens with one attached hydrogen (secondary N) is 1. The van der Waals surface area contributed by atoms with E-state index in [2.05, 4.69) is 10.3 Å². The van der Waals surface area contributed by atoms with Crippen molar-refractivity contribution in [2.75, 3.05) is 39.9 Å². The van der Waals surface area contributed by atoms with Gasteiger partial charge in [-0.15, -0.1) is 0 Å². The lowest BCUT2D eigenvalue weighted by molar-refractivity contribution is -0.136. The largest absolute Gasteiger partial charge is 0.383 e. The summed E-state index contributed by atoms with van der Waals surface area (Å²) >= 11 is 0. The van der Waals surface area contributed by atoms with Crippen LogP contribution in [-0.2, 0) is 27.3 Å². The van der Waals surface area contributed by atoms with Gasteiger partial charge in [-0.05, 0) is 12.8 Å². The predicted octanol–water partition coefficient (Wildman–Crippen LogP) is 0.281. The smallest absolute Gasteiger partial charge is 0.228 e. The van der Waals surface area contributed by atoms with E-state index < -0.39 is 0 Å². The van der Waals surface area contributed by atoms with Gasteiger partial charge >= 0.3 is 0 Å². The summed E-state index contributed by atoms with van der Waals surface area (Å²) in [5, 5.41) is 3.33. The van der Waals surface area contributed by atoms with Crippen LogP contribution in [-0.4, -0.2) is 71.5 Å². The molecule has 1 aromatic rings. The van der Waals surface area contributed by atoms with Crippen LogP contribution in [0.3, 0.4) is 0 Å². The number of aromatic nitrogens is 2. The summed E-state index contributed by atoms with van der Waals surface area (Å²) in [6.07, 6.45) is 4.93. The molecule has 2 saturated heterocycles. The van der Waals surface area contributed by atoms with Gasteiger partial charge in [0.2, 0.25) is 11.8 Å². The summed E-state index contributed by atoms with van der Waals surface area (Å²) in [7, 11) is 1.62. The molecule has 4 rings (SSSR count). The highest BCUT2D eigenvalue weighted by Crippen LogP contribution is 2.33. The number of hydrogen-bond acceptors (Lipinski definition) is 6. The fourth-order valence-electron chi connectivity index (χ4n) is 4.30. The number of methoxy groups -OCH3 is 1. The predicted molar refractivity (Wildman–Crippen MR) is 97.7 cm³/mol. The third kappa shape index (κ3) is 3.68. The Bertz CT molecular complexity index is 725. The first-order valence-electron chi connectivity index (χ1n) is 9.80. The number of hydrogen-bond donors (Lipinski definition) is 1. The van der Waals surface area contributed by atoms with Crippen molar-refractivity contribution in [3.05, 3.63) is 23.3 Å². The Morgan fingerprint density at radius 3 is 3.19 bits per heavy atom. The average molecular weight is 373 g/mol. The Morgan fingerprint density at radius 1 is 1.44 bits per heavy atom. The van der Waals surface area contributed by atoms with Crippen molar-refractivity contribution in [1.82, 2.24) is 25.1 Å². The number of rotatable bonds is 5. The van der Waals surface area contributed by atoms with E-state index in [0.717, 1.165) is 49.4 Å². The second-order valence-electron chi connectivity index (χ2n) is 7.55. The van der Waals surface area contributed by atoms with Crippen LogP contribution < -0.4 is 5.32 Å². The lowest BCUT2D eigenvalue weighted by Crippen LogP contribution is -2.38. The summed E-state index contributed by atoms with van der Waals surface area (Å²) in [6, 6.07) is -0.0687. The monoisotopic (exact) mass is 373 g/mol. The fourth-order valence-corrected chi connectivity index (χ4v) is 4.30. The second-order valence-corrected chi connectivity index (χ2v) is 7.55. The van der Waals surface area contributed by atoms with Crippen molar-refractivity contribution in [1.29, 1.82) is 0 Å². The Morgan fingerprint density at radius 2 is 2.33 bits per heavy atom. The fraction of sp³-hybridized carbons (Fsp3) is 0.684. The maximum atomic E-state index is 13.1. The first-order valence-corrected chi connectivity index (χ1v) is 9.80. The van der Waals surface area contributed by atoms with Gasteiger partial charge in [0.05, 0.1) is 18.6 Å². The van der Waals surface area contributed by atoms with Crippen LogP contribution in [0.4, 0.5) is 0 Å². The number of fused-ring (bicyclic) bond motifs is 1. The number of carbonyl (C=O) groups is 2. The summed E-state index contributed by atoms with van der Waals surface area (Å²) < 4.78 is 5.06. The molecule has 2 unspecified atom stereocenters. The Labute approximate surface area is 159 Å². The Balaban J connectivity index is 1.47. The molecule has 8 nitrogen and oxygen atoms in total. The lowest BCUT2D eigenvalue weighted by atomic mass is 10.1. The number of carbonyl (C=O) groups excluding carboxylic acids is 2. The SMILES string of the molecule is COCCN1CC(C(=O)N2CCCC2c2ncc3c(n2)CCNC3)CC1=O. The normalized spacial score (nSPS) is 25.1. The van der Waals surface area contributed by atoms with Crippen molar-refractivity contribution in [2.24, 2.45) is 5.92 Å². The first-order chi connectivity index (χ1) is 13.2. The standard InChI is InChI=1S/C19H27N5O3/c1-27-8-7-23-12-13(9-17(23)25)19(26)24-6-2-3-16(24)18-21-11-14-10-20-5-4-15(14)22-18/h11,13,16,20H,2-10,12H2,1H3. The first kappa shape index (κ1) is 18.3. The van der Waals surface area contributed by atoms with Crippen molar-refractivity contribution in [2.45, 2.75) is 38.3 Å². The van der Waals surface area contributed by atoms with Gasteiger partial charge in [0.1, 0.15) is 0 Å². The van der Waals surface area contributed by atoms with E-state index in [-0.39, 0.29) is 23.8 Å². The third-order valence-electron chi connectivity index (χ3n) is 5.79. The Hall–Kier alpha value is -2.06. The quantitative estimate of drug-likeness (QED) is 0.798. The minimum absolute atomic E-state index is 0.0404. The van der Waals surface area contributed by atoms with Crippen LogP contribution in [0.2, 0.25) is 0 Å². The van der Waals surface area contributed by atoms with Gasteiger partial charge in [-0.1, -0.05) is 0 Å². The van der Waals surface area contributed by atoms with Crippen molar-refractivity contribution in [3.8, 4) is 0 Å². The minimum Gasteiger partial charge on any atom is -0.383 e. The summed E-state index contributed by atoms with van der Waals surface area (Å²) in [5.41, 5.74) is 2.25. The molecule has 0 aromatic carbocycles. The molecule has 2 amide bonds. The van der Waals surface area contributed by atoms with Gasteiger partial charge < -0.3 is 19.9 Å². The molecule has 0 spiro atoms. The molecule has 0 aliphatic carbocycles. The molecule has 3 aliphatic rings. The molecule has 2 atom stereocenters. The van der Waals surface area contributed by atoms with Gasteiger partial charge in [0.15, 0.2) is 5.82 Å². The van der Waals surface area contributed by atoms with Gasteiger partial charge in [-0.2, -0.15) is 0 Å². The van der Waals surface area contributed by atoms with Crippen LogP contribution in [0.5, 0.6) is 0 Å². The number of nitrogens with zero attached hydrogens (tertiary/aromatic N) is 4. The van der Waals surface area contributed by atoms with Crippen LogP contribution in [0, 0.1) is 5.92 Å². The van der Waals surface area contributed by atoms with Crippen LogP contribution in [0.1, 0.15) is 42.4 Å². The molecule has 1 N–H and O–H groups in total. The van der Waals surface area contributed by atoms with Crippen molar-refractivity contribution >= 4 is 11.8 Å². The van der Waals surface area contributed by atoms with Gasteiger partial charge in [0.25, 0.3) is 0 Å². The number of likely N-dealkylation sites (tertiary alicyclic amines) is 2. The average Bonchev–Trinajstić information content (AvgIpc) is 3.32. The van der Waals surface area contributed by atoms with Gasteiger partial charge in [0, 0.05) is 70.1 Å². The Kier molecular flexibility index (Phi) is 5.36. The molecule has 0 bridgehead atoms. The van der Waals surface area contributed by atoms with Crippen molar-refractivity contribution < 1.29 is 14.3 Å². The van der Waals surface area contributed by atoms with Crippen molar-refractivity contribution in [3.63, 3.8) is 0 Å². The van der Waals surface area contributed by atoms with Crippen LogP contribution in [0.15, 0.2) is 6.20 Å². The maximum absolute atomic E-state index is 13.1. The van der Waals surface area contributed by atoms with E-state index in [1.54, 1.807) is 12.0 Å². The molecule has 4 heterocycles. The number of ether oxygens (including phenoxy) is 1. The highest BCUT2D eigenvalue weighted by molar-refractivity contribution is 5.89. The molecule has 0 radical (unpaired) electrons. The zero-order valence-electron chi connectivity index (χ0n) is 15.8. The lowest BCUT2D eigenvalue weighted by Gasteiger charge is -2.27. The second kappa shape index (κ2) is 7.90. The summed E-state index contributed by atoms with van der Waals surface area (Å²) in [4.78, 5) is 38.3. The third-order valence-corrected chi connectivity index (χ3v) is 5.79. The molecule has 27 heavy (non-hydrogen) atoms. The topological polar surface area (TPSA) is 87.7 Å². The van der Waals surface area contributed by atoms with Gasteiger partial charge in [-0.3, -0.25) is 9.59 Å².